The number of nitrogens with zero attached hydrogens (tertiary/aromatic N) is 2. The fraction of sp³-hybridized carbons (Fsp3) is 0.214. The largest absolute Gasteiger partial charge is 0.462 e. The first kappa shape index (κ1) is 12.2. The van der Waals surface area contributed by atoms with Gasteiger partial charge in [0.1, 0.15) is 11.9 Å². The van der Waals surface area contributed by atoms with Crippen LogP contribution in [-0.4, -0.2) is 22.5 Å². The van der Waals surface area contributed by atoms with Gasteiger partial charge in [-0.3, -0.25) is 0 Å². The molecule has 0 unspecified atom stereocenters. The van der Waals surface area contributed by atoms with Gasteiger partial charge in [0.2, 0.25) is 0 Å². The molecule has 0 amide bonds. The molecule has 0 atom stereocenters. The first-order valence-electron chi connectivity index (χ1n) is 5.76. The zero-order chi connectivity index (χ0) is 13.0. The van der Waals surface area contributed by atoms with Gasteiger partial charge in [0.05, 0.1) is 12.3 Å². The summed E-state index contributed by atoms with van der Waals surface area (Å²) in [6, 6.07) is 7.82. The van der Waals surface area contributed by atoms with E-state index in [-0.39, 0.29) is 0 Å². The van der Waals surface area contributed by atoms with Crippen LogP contribution in [0, 0.1) is 6.92 Å². The first-order valence-corrected chi connectivity index (χ1v) is 5.76. The van der Waals surface area contributed by atoms with E-state index in [1.165, 1.54) is 12.5 Å². The first-order chi connectivity index (χ1) is 8.72. The maximum atomic E-state index is 11.8. The number of carbonyl (C=O) groups is 1. The van der Waals surface area contributed by atoms with Crippen LogP contribution < -0.4 is 0 Å². The zero-order valence-electron chi connectivity index (χ0n) is 10.4. The van der Waals surface area contributed by atoms with Gasteiger partial charge in [0.15, 0.2) is 0 Å². The lowest BCUT2D eigenvalue weighted by molar-refractivity contribution is 0.0526. The predicted octanol–water partition coefficient (Wildman–Crippen LogP) is 2.63. The molecule has 1 aromatic heterocycles. The summed E-state index contributed by atoms with van der Waals surface area (Å²) in [5.74, 6) is -0.394. The summed E-state index contributed by atoms with van der Waals surface area (Å²) in [6.07, 6.45) is 2.92. The van der Waals surface area contributed by atoms with Crippen molar-refractivity contribution in [1.82, 2.24) is 9.97 Å². The maximum Gasteiger partial charge on any atom is 0.341 e. The Hall–Kier alpha value is -2.23. The highest BCUT2D eigenvalue weighted by atomic mass is 16.5. The Bertz CT molecular complexity index is 567. The number of carbonyl (C=O) groups excluding carboxylic acids is 1. The van der Waals surface area contributed by atoms with Crippen LogP contribution in [0.15, 0.2) is 36.8 Å². The van der Waals surface area contributed by atoms with Crippen molar-refractivity contribution in [2.45, 2.75) is 13.8 Å². The topological polar surface area (TPSA) is 52.1 Å². The molecule has 0 aliphatic heterocycles. The molecule has 0 aliphatic rings. The molecular formula is C14H14N2O2. The van der Waals surface area contributed by atoms with Gasteiger partial charge >= 0.3 is 5.97 Å². The van der Waals surface area contributed by atoms with Gasteiger partial charge in [-0.1, -0.05) is 23.8 Å². The van der Waals surface area contributed by atoms with E-state index >= 15 is 0 Å². The summed E-state index contributed by atoms with van der Waals surface area (Å²) >= 11 is 0. The van der Waals surface area contributed by atoms with Crippen LogP contribution in [0.1, 0.15) is 22.8 Å². The SMILES string of the molecule is CCOC(=O)c1cncnc1-c1cccc(C)c1. The second-order valence-electron chi connectivity index (χ2n) is 3.87. The summed E-state index contributed by atoms with van der Waals surface area (Å²) in [4.78, 5) is 19.9. The molecule has 2 rings (SSSR count). The van der Waals surface area contributed by atoms with Gasteiger partial charge in [0.25, 0.3) is 0 Å². The number of rotatable bonds is 3. The van der Waals surface area contributed by atoms with Crippen molar-refractivity contribution in [3.63, 3.8) is 0 Å². The number of ether oxygens (including phenoxy) is 1. The lowest BCUT2D eigenvalue weighted by Crippen LogP contribution is -2.08. The predicted molar refractivity (Wildman–Crippen MR) is 68.2 cm³/mol. The van der Waals surface area contributed by atoms with E-state index in [1.807, 2.05) is 31.2 Å². The van der Waals surface area contributed by atoms with Crippen LogP contribution in [0.3, 0.4) is 0 Å². The molecule has 4 heteroatoms. The average Bonchev–Trinajstić information content (AvgIpc) is 2.39. The molecule has 0 N–H and O–H groups in total. The van der Waals surface area contributed by atoms with Gasteiger partial charge in [-0.15, -0.1) is 0 Å². The van der Waals surface area contributed by atoms with Crippen LogP contribution >= 0.6 is 0 Å². The van der Waals surface area contributed by atoms with E-state index < -0.39 is 5.97 Å². The molecular weight excluding hydrogens is 228 g/mol. The van der Waals surface area contributed by atoms with Crippen molar-refractivity contribution >= 4 is 5.97 Å². The van der Waals surface area contributed by atoms with Crippen molar-refractivity contribution in [2.24, 2.45) is 0 Å². The highest BCUT2D eigenvalue weighted by molar-refractivity contribution is 5.95. The fourth-order valence-electron chi connectivity index (χ4n) is 1.71. The Morgan fingerprint density at radius 1 is 1.39 bits per heavy atom. The van der Waals surface area contributed by atoms with Crippen molar-refractivity contribution < 1.29 is 9.53 Å². The van der Waals surface area contributed by atoms with E-state index in [4.69, 9.17) is 4.74 Å². The summed E-state index contributed by atoms with van der Waals surface area (Å²) < 4.78 is 5.00. The molecule has 0 saturated carbocycles. The Morgan fingerprint density at radius 2 is 2.22 bits per heavy atom. The Labute approximate surface area is 106 Å². The standard InChI is InChI=1S/C14H14N2O2/c1-3-18-14(17)12-8-15-9-16-13(12)11-6-4-5-10(2)7-11/h4-9H,3H2,1-2H3. The minimum absolute atomic E-state index is 0.334. The fourth-order valence-corrected chi connectivity index (χ4v) is 1.71. The lowest BCUT2D eigenvalue weighted by atomic mass is 10.1. The number of aromatic nitrogens is 2. The van der Waals surface area contributed by atoms with E-state index in [0.29, 0.717) is 17.9 Å². The van der Waals surface area contributed by atoms with Crippen LogP contribution in [0.5, 0.6) is 0 Å². The molecule has 0 bridgehead atoms. The lowest BCUT2D eigenvalue weighted by Gasteiger charge is -2.07. The number of benzene rings is 1. The van der Waals surface area contributed by atoms with Crippen molar-refractivity contribution in [3.05, 3.63) is 47.9 Å². The normalized spacial score (nSPS) is 10.1. The Balaban J connectivity index is 2.48. The quantitative estimate of drug-likeness (QED) is 0.776. The molecule has 92 valence electrons. The van der Waals surface area contributed by atoms with Gasteiger partial charge in [0, 0.05) is 11.8 Å². The highest BCUT2D eigenvalue weighted by Crippen LogP contribution is 2.21. The molecule has 0 spiro atoms. The molecule has 0 saturated heterocycles. The van der Waals surface area contributed by atoms with E-state index in [1.54, 1.807) is 6.92 Å². The Morgan fingerprint density at radius 3 is 2.94 bits per heavy atom. The highest BCUT2D eigenvalue weighted by Gasteiger charge is 2.15. The monoisotopic (exact) mass is 242 g/mol. The zero-order valence-corrected chi connectivity index (χ0v) is 10.4. The van der Waals surface area contributed by atoms with Gasteiger partial charge in [-0.25, -0.2) is 14.8 Å². The minimum atomic E-state index is -0.394. The van der Waals surface area contributed by atoms with Crippen LogP contribution in [-0.2, 0) is 4.74 Å². The van der Waals surface area contributed by atoms with Crippen molar-refractivity contribution in [3.8, 4) is 11.3 Å². The van der Waals surface area contributed by atoms with Gasteiger partial charge in [-0.05, 0) is 19.9 Å². The number of hydrogen-bond acceptors (Lipinski definition) is 4. The van der Waals surface area contributed by atoms with E-state index in [2.05, 4.69) is 9.97 Å². The van der Waals surface area contributed by atoms with Crippen molar-refractivity contribution in [2.75, 3.05) is 6.61 Å². The summed E-state index contributed by atoms with van der Waals surface area (Å²) in [5, 5.41) is 0. The van der Waals surface area contributed by atoms with Crippen LogP contribution in [0.2, 0.25) is 0 Å². The summed E-state index contributed by atoms with van der Waals surface area (Å²) in [5.41, 5.74) is 3.00. The molecule has 4 nitrogen and oxygen atoms in total. The second-order valence-corrected chi connectivity index (χ2v) is 3.87. The Kier molecular flexibility index (Phi) is 3.67. The van der Waals surface area contributed by atoms with Crippen LogP contribution in [0.25, 0.3) is 11.3 Å². The molecule has 1 heterocycles. The molecule has 0 aliphatic carbocycles. The molecule has 2 aromatic rings. The van der Waals surface area contributed by atoms with E-state index in [9.17, 15) is 4.79 Å². The van der Waals surface area contributed by atoms with E-state index in [0.717, 1.165) is 11.1 Å². The van der Waals surface area contributed by atoms with Gasteiger partial charge in [-0.2, -0.15) is 0 Å². The maximum absolute atomic E-state index is 11.8. The number of aryl methyl sites for hydroxylation is 1. The second kappa shape index (κ2) is 5.40. The smallest absolute Gasteiger partial charge is 0.341 e. The third kappa shape index (κ3) is 2.53. The number of hydrogen-bond donors (Lipinski definition) is 0. The molecule has 0 fully saturated rings. The summed E-state index contributed by atoms with van der Waals surface area (Å²) in [7, 11) is 0. The number of esters is 1. The molecule has 18 heavy (non-hydrogen) atoms. The minimum Gasteiger partial charge on any atom is -0.462 e. The summed E-state index contributed by atoms with van der Waals surface area (Å²) in [6.45, 7) is 4.10. The molecule has 1 aromatic carbocycles. The third-order valence-electron chi connectivity index (χ3n) is 2.50. The van der Waals surface area contributed by atoms with Crippen LogP contribution in [0.4, 0.5) is 0 Å². The van der Waals surface area contributed by atoms with Gasteiger partial charge < -0.3 is 4.74 Å². The van der Waals surface area contributed by atoms with Crippen molar-refractivity contribution in [1.29, 1.82) is 0 Å². The third-order valence-corrected chi connectivity index (χ3v) is 2.50. The molecule has 0 radical (unpaired) electrons. The average molecular weight is 242 g/mol.